The molecule has 0 radical (unpaired) electrons. The molecule has 0 unspecified atom stereocenters. The Hall–Kier alpha value is -0.790. The van der Waals surface area contributed by atoms with Crippen molar-refractivity contribution in [1.29, 1.82) is 0 Å². The maximum atomic E-state index is 10.7. The second-order valence-corrected chi connectivity index (χ2v) is 3.16. The van der Waals surface area contributed by atoms with Gasteiger partial charge in [-0.25, -0.2) is 4.79 Å². The van der Waals surface area contributed by atoms with Crippen LogP contribution in [-0.4, -0.2) is 13.1 Å². The standard InChI is InChI=1S/C9H14O2/c1-7(5-8-3-4-8)6-9(10)11-2/h6,8H,3-5H2,1-2H3/b7-6-. The molecule has 1 fully saturated rings. The number of methoxy groups -OCH3 is 1. The first-order valence-electron chi connectivity index (χ1n) is 3.97. The number of esters is 1. The highest BCUT2D eigenvalue weighted by atomic mass is 16.5. The molecule has 62 valence electrons. The molecule has 2 nitrogen and oxygen atoms in total. The van der Waals surface area contributed by atoms with E-state index in [1.165, 1.54) is 20.0 Å². The van der Waals surface area contributed by atoms with E-state index in [1.807, 2.05) is 6.92 Å². The van der Waals surface area contributed by atoms with Gasteiger partial charge in [0, 0.05) is 6.08 Å². The van der Waals surface area contributed by atoms with Gasteiger partial charge in [0.2, 0.25) is 0 Å². The maximum Gasteiger partial charge on any atom is 0.330 e. The number of allylic oxidation sites excluding steroid dienone is 1. The molecule has 11 heavy (non-hydrogen) atoms. The highest BCUT2D eigenvalue weighted by Crippen LogP contribution is 2.34. The molecule has 0 aromatic rings. The van der Waals surface area contributed by atoms with Gasteiger partial charge in [-0.15, -0.1) is 0 Å². The fourth-order valence-electron chi connectivity index (χ4n) is 1.10. The Kier molecular flexibility index (Phi) is 2.69. The van der Waals surface area contributed by atoms with Crippen LogP contribution in [0.25, 0.3) is 0 Å². The summed E-state index contributed by atoms with van der Waals surface area (Å²) in [4.78, 5) is 10.7. The number of ether oxygens (including phenoxy) is 1. The largest absolute Gasteiger partial charge is 0.466 e. The van der Waals surface area contributed by atoms with E-state index in [0.29, 0.717) is 0 Å². The van der Waals surface area contributed by atoms with Gasteiger partial charge in [0.15, 0.2) is 0 Å². The van der Waals surface area contributed by atoms with Crippen LogP contribution in [0.5, 0.6) is 0 Å². The Morgan fingerprint density at radius 2 is 2.27 bits per heavy atom. The Morgan fingerprint density at radius 3 is 2.73 bits per heavy atom. The van der Waals surface area contributed by atoms with Crippen molar-refractivity contribution in [2.24, 2.45) is 5.92 Å². The summed E-state index contributed by atoms with van der Waals surface area (Å²) < 4.78 is 4.51. The molecule has 0 heterocycles. The van der Waals surface area contributed by atoms with E-state index >= 15 is 0 Å². The van der Waals surface area contributed by atoms with Crippen molar-refractivity contribution >= 4 is 5.97 Å². The predicted octanol–water partition coefficient (Wildman–Crippen LogP) is 1.91. The fourth-order valence-corrected chi connectivity index (χ4v) is 1.10. The van der Waals surface area contributed by atoms with Crippen LogP contribution in [0.2, 0.25) is 0 Å². The second kappa shape index (κ2) is 3.56. The van der Waals surface area contributed by atoms with E-state index < -0.39 is 0 Å². The summed E-state index contributed by atoms with van der Waals surface area (Å²) in [5.41, 5.74) is 1.14. The van der Waals surface area contributed by atoms with Crippen LogP contribution in [0.3, 0.4) is 0 Å². The average molecular weight is 154 g/mol. The first kappa shape index (κ1) is 8.31. The van der Waals surface area contributed by atoms with Gasteiger partial charge in [-0.3, -0.25) is 0 Å². The first-order chi connectivity index (χ1) is 5.22. The van der Waals surface area contributed by atoms with Crippen molar-refractivity contribution in [3.8, 4) is 0 Å². The quantitative estimate of drug-likeness (QED) is 0.458. The Labute approximate surface area is 67.2 Å². The molecular weight excluding hydrogens is 140 g/mol. The third kappa shape index (κ3) is 3.21. The van der Waals surface area contributed by atoms with Gasteiger partial charge in [0.1, 0.15) is 0 Å². The lowest BCUT2D eigenvalue weighted by Crippen LogP contribution is -1.96. The van der Waals surface area contributed by atoms with Gasteiger partial charge >= 0.3 is 5.97 Å². The topological polar surface area (TPSA) is 26.3 Å². The normalized spacial score (nSPS) is 18.2. The molecule has 1 aliphatic rings. The van der Waals surface area contributed by atoms with E-state index in [2.05, 4.69) is 4.74 Å². The van der Waals surface area contributed by atoms with Gasteiger partial charge in [0.05, 0.1) is 7.11 Å². The Balaban J connectivity index is 2.30. The van der Waals surface area contributed by atoms with E-state index in [-0.39, 0.29) is 5.97 Å². The lowest BCUT2D eigenvalue weighted by Gasteiger charge is -1.97. The maximum absolute atomic E-state index is 10.7. The third-order valence-corrected chi connectivity index (χ3v) is 1.87. The van der Waals surface area contributed by atoms with Crippen LogP contribution >= 0.6 is 0 Å². The van der Waals surface area contributed by atoms with E-state index in [1.54, 1.807) is 6.08 Å². The van der Waals surface area contributed by atoms with Gasteiger partial charge in [-0.1, -0.05) is 5.57 Å². The van der Waals surface area contributed by atoms with E-state index in [0.717, 1.165) is 17.9 Å². The molecule has 0 aliphatic heterocycles. The minimum absolute atomic E-state index is 0.233. The zero-order valence-electron chi connectivity index (χ0n) is 7.09. The molecule has 0 aromatic carbocycles. The molecule has 2 heteroatoms. The van der Waals surface area contributed by atoms with Crippen molar-refractivity contribution in [2.75, 3.05) is 7.11 Å². The minimum atomic E-state index is -0.233. The zero-order chi connectivity index (χ0) is 8.27. The van der Waals surface area contributed by atoms with Crippen molar-refractivity contribution in [1.82, 2.24) is 0 Å². The second-order valence-electron chi connectivity index (χ2n) is 3.16. The smallest absolute Gasteiger partial charge is 0.330 e. The Morgan fingerprint density at radius 1 is 1.64 bits per heavy atom. The van der Waals surface area contributed by atoms with Gasteiger partial charge in [0.25, 0.3) is 0 Å². The van der Waals surface area contributed by atoms with Crippen molar-refractivity contribution in [2.45, 2.75) is 26.2 Å². The fraction of sp³-hybridized carbons (Fsp3) is 0.667. The van der Waals surface area contributed by atoms with Crippen molar-refractivity contribution in [3.05, 3.63) is 11.6 Å². The molecule has 0 amide bonds. The number of carbonyl (C=O) groups excluding carboxylic acids is 1. The summed E-state index contributed by atoms with van der Waals surface area (Å²) in [6.45, 7) is 1.98. The molecule has 0 saturated heterocycles. The Bertz CT molecular complexity index is 178. The molecule has 0 spiro atoms. The van der Waals surface area contributed by atoms with Crippen LogP contribution in [0.1, 0.15) is 26.2 Å². The first-order valence-corrected chi connectivity index (χ1v) is 3.97. The van der Waals surface area contributed by atoms with Crippen LogP contribution in [-0.2, 0) is 9.53 Å². The van der Waals surface area contributed by atoms with Crippen molar-refractivity contribution < 1.29 is 9.53 Å². The monoisotopic (exact) mass is 154 g/mol. The summed E-state index contributed by atoms with van der Waals surface area (Å²) in [5, 5.41) is 0. The lowest BCUT2D eigenvalue weighted by atomic mass is 10.1. The van der Waals surface area contributed by atoms with Crippen LogP contribution in [0, 0.1) is 5.92 Å². The van der Waals surface area contributed by atoms with Crippen LogP contribution in [0.15, 0.2) is 11.6 Å². The molecule has 1 aliphatic carbocycles. The van der Waals surface area contributed by atoms with E-state index in [9.17, 15) is 4.79 Å². The predicted molar refractivity (Wildman–Crippen MR) is 43.1 cm³/mol. The van der Waals surface area contributed by atoms with Crippen molar-refractivity contribution in [3.63, 3.8) is 0 Å². The summed E-state index contributed by atoms with van der Waals surface area (Å²) in [7, 11) is 1.41. The van der Waals surface area contributed by atoms with Gasteiger partial charge in [-0.2, -0.15) is 0 Å². The lowest BCUT2D eigenvalue weighted by molar-refractivity contribution is -0.134. The molecule has 1 saturated carbocycles. The molecule has 1 rings (SSSR count). The SMILES string of the molecule is COC(=O)/C=C(/C)CC1CC1. The highest BCUT2D eigenvalue weighted by Gasteiger charge is 2.21. The van der Waals surface area contributed by atoms with Gasteiger partial charge < -0.3 is 4.74 Å². The summed E-state index contributed by atoms with van der Waals surface area (Å²) in [6, 6.07) is 0. The number of carbonyl (C=O) groups is 1. The molecule has 0 bridgehead atoms. The highest BCUT2D eigenvalue weighted by molar-refractivity contribution is 5.82. The zero-order valence-corrected chi connectivity index (χ0v) is 7.09. The third-order valence-electron chi connectivity index (χ3n) is 1.87. The molecule has 0 N–H and O–H groups in total. The summed E-state index contributed by atoms with van der Waals surface area (Å²) >= 11 is 0. The number of hydrogen-bond donors (Lipinski definition) is 0. The van der Waals surface area contributed by atoms with Crippen LogP contribution < -0.4 is 0 Å². The molecular formula is C9H14O2. The number of hydrogen-bond acceptors (Lipinski definition) is 2. The minimum Gasteiger partial charge on any atom is -0.466 e. The van der Waals surface area contributed by atoms with E-state index in [4.69, 9.17) is 0 Å². The molecule has 0 atom stereocenters. The summed E-state index contributed by atoms with van der Waals surface area (Å²) in [5.74, 6) is 0.610. The molecule has 0 aromatic heterocycles. The number of rotatable bonds is 3. The average Bonchev–Trinajstić information content (AvgIpc) is 2.71. The summed E-state index contributed by atoms with van der Waals surface area (Å²) in [6.07, 6.45) is 5.30. The van der Waals surface area contributed by atoms with Crippen LogP contribution in [0.4, 0.5) is 0 Å². The van der Waals surface area contributed by atoms with Gasteiger partial charge in [-0.05, 0) is 32.1 Å².